The Bertz CT molecular complexity index is 1030. The van der Waals surface area contributed by atoms with Crippen molar-refractivity contribution in [3.8, 4) is 0 Å². The molecule has 1 unspecified atom stereocenters. The van der Waals surface area contributed by atoms with Gasteiger partial charge in [-0.15, -0.1) is 0 Å². The number of carboxylic acids is 1. The highest BCUT2D eigenvalue weighted by Crippen LogP contribution is 2.74. The first-order valence-electron chi connectivity index (χ1n) is 14.3. The number of aliphatic carboxylic acids is 1. The molecule has 0 aromatic heterocycles. The Hall–Kier alpha value is -1.99. The minimum absolute atomic E-state index is 0.00360. The van der Waals surface area contributed by atoms with Gasteiger partial charge in [-0.1, -0.05) is 46.8 Å². The van der Waals surface area contributed by atoms with Crippen LogP contribution in [0, 0.1) is 45.8 Å². The van der Waals surface area contributed by atoms with E-state index >= 15 is 0 Å². The number of aliphatic hydroxyl groups excluding tert-OH is 2. The SMILES string of the molecule is CC(=O)O[C@H]1C[C@@]2(C)[C@@H](C[C@@H](O)[C@H]3[C@@]4(C)CC[C@@H](O)[C@@H](C)[C@@H]4CC[C@@]32C)C1=C(C/C=C/C(C)C=O)C(=O)O. The molecule has 0 spiro atoms. The third kappa shape index (κ3) is 4.38. The standard InChI is InChI=1S/C31H46O7/c1-17(16-32)8-7-9-20(28(36)37)26-22-14-24(35)27-29(4)12-11-23(34)18(2)21(29)10-13-30(27,5)31(22,6)15-25(26)38-19(3)33/h7-8,16-18,21-25,27,34-35H,9-15H2,1-6H3,(H,36,37)/b8-7+,26-20?/t17?,18-,21-,22-,23+,24+,25-,27-,29-,30-,31-/m0/s1. The van der Waals surface area contributed by atoms with Crippen molar-refractivity contribution in [1.29, 1.82) is 0 Å². The van der Waals surface area contributed by atoms with Crippen molar-refractivity contribution in [2.45, 2.75) is 105 Å². The minimum Gasteiger partial charge on any atom is -0.478 e. The molecular weight excluding hydrogens is 484 g/mol. The molecule has 0 radical (unpaired) electrons. The summed E-state index contributed by atoms with van der Waals surface area (Å²) >= 11 is 0. The van der Waals surface area contributed by atoms with E-state index in [1.807, 2.05) is 0 Å². The number of carbonyl (C=O) groups excluding carboxylic acids is 2. The van der Waals surface area contributed by atoms with Gasteiger partial charge in [-0.3, -0.25) is 4.79 Å². The molecule has 0 bridgehead atoms. The summed E-state index contributed by atoms with van der Waals surface area (Å²) in [6, 6.07) is 0. The molecule has 3 N–H and O–H groups in total. The fourth-order valence-electron chi connectivity index (χ4n) is 9.68. The number of hydrogen-bond acceptors (Lipinski definition) is 6. The van der Waals surface area contributed by atoms with Crippen LogP contribution in [-0.2, 0) is 19.1 Å². The van der Waals surface area contributed by atoms with Crippen LogP contribution in [0.15, 0.2) is 23.3 Å². The van der Waals surface area contributed by atoms with Gasteiger partial charge in [-0.05, 0) is 90.4 Å². The monoisotopic (exact) mass is 530 g/mol. The Morgan fingerprint density at radius 1 is 1.11 bits per heavy atom. The van der Waals surface area contributed by atoms with Gasteiger partial charge >= 0.3 is 11.9 Å². The van der Waals surface area contributed by atoms with Gasteiger partial charge < -0.3 is 24.9 Å². The van der Waals surface area contributed by atoms with Gasteiger partial charge in [0, 0.05) is 18.4 Å². The molecule has 4 fully saturated rings. The normalized spacial score (nSPS) is 46.5. The number of fused-ring (bicyclic) bond motifs is 5. The lowest BCUT2D eigenvalue weighted by Gasteiger charge is -2.69. The molecule has 0 aromatic carbocycles. The van der Waals surface area contributed by atoms with Gasteiger partial charge in [0.1, 0.15) is 12.4 Å². The van der Waals surface area contributed by atoms with Crippen molar-refractivity contribution in [3.05, 3.63) is 23.3 Å². The zero-order chi connectivity index (χ0) is 28.2. The molecule has 4 aliphatic carbocycles. The summed E-state index contributed by atoms with van der Waals surface area (Å²) in [7, 11) is 0. The molecule has 0 aromatic rings. The molecule has 11 atom stereocenters. The summed E-state index contributed by atoms with van der Waals surface area (Å²) in [5, 5.41) is 32.8. The van der Waals surface area contributed by atoms with E-state index in [4.69, 9.17) is 4.74 Å². The zero-order valence-electron chi connectivity index (χ0n) is 23.8. The Balaban J connectivity index is 1.82. The molecule has 38 heavy (non-hydrogen) atoms. The highest BCUT2D eigenvalue weighted by molar-refractivity contribution is 5.88. The van der Waals surface area contributed by atoms with Crippen LogP contribution in [-0.4, -0.2) is 51.9 Å². The molecule has 212 valence electrons. The summed E-state index contributed by atoms with van der Waals surface area (Å²) < 4.78 is 5.83. The maximum Gasteiger partial charge on any atom is 0.331 e. The largest absolute Gasteiger partial charge is 0.478 e. The highest BCUT2D eigenvalue weighted by Gasteiger charge is 2.70. The molecule has 4 saturated carbocycles. The number of rotatable bonds is 6. The highest BCUT2D eigenvalue weighted by atomic mass is 16.5. The maximum absolute atomic E-state index is 12.6. The number of hydrogen-bond donors (Lipinski definition) is 3. The molecule has 7 nitrogen and oxygen atoms in total. The van der Waals surface area contributed by atoms with Gasteiger partial charge in [0.05, 0.1) is 12.2 Å². The second kappa shape index (κ2) is 10.2. The number of carboxylic acid groups (broad SMARTS) is 1. The van der Waals surface area contributed by atoms with Crippen molar-refractivity contribution in [2.75, 3.05) is 0 Å². The second-order valence-corrected chi connectivity index (χ2v) is 13.5. The molecule has 7 heteroatoms. The quantitative estimate of drug-likeness (QED) is 0.197. The van der Waals surface area contributed by atoms with Crippen molar-refractivity contribution >= 4 is 18.2 Å². The maximum atomic E-state index is 12.6. The lowest BCUT2D eigenvalue weighted by molar-refractivity contribution is -0.234. The van der Waals surface area contributed by atoms with E-state index in [9.17, 15) is 29.7 Å². The van der Waals surface area contributed by atoms with Crippen LogP contribution in [0.2, 0.25) is 0 Å². The number of aldehydes is 1. The van der Waals surface area contributed by atoms with Gasteiger partial charge in [0.15, 0.2) is 0 Å². The van der Waals surface area contributed by atoms with Gasteiger partial charge in [-0.25, -0.2) is 4.79 Å². The summed E-state index contributed by atoms with van der Waals surface area (Å²) in [6.45, 7) is 12.0. The predicted octanol–water partition coefficient (Wildman–Crippen LogP) is 4.70. The summed E-state index contributed by atoms with van der Waals surface area (Å²) in [4.78, 5) is 35.9. The van der Waals surface area contributed by atoms with Crippen LogP contribution in [0.3, 0.4) is 0 Å². The van der Waals surface area contributed by atoms with E-state index in [1.54, 1.807) is 19.1 Å². The fourth-order valence-corrected chi connectivity index (χ4v) is 9.68. The van der Waals surface area contributed by atoms with Crippen LogP contribution in [0.5, 0.6) is 0 Å². The summed E-state index contributed by atoms with van der Waals surface area (Å²) in [5.41, 5.74) is 0.0140. The topological polar surface area (TPSA) is 121 Å². The van der Waals surface area contributed by atoms with E-state index in [0.717, 1.165) is 32.0 Å². The van der Waals surface area contributed by atoms with Crippen LogP contribution >= 0.6 is 0 Å². The average molecular weight is 531 g/mol. The Morgan fingerprint density at radius 3 is 2.39 bits per heavy atom. The minimum atomic E-state index is -1.06. The predicted molar refractivity (Wildman–Crippen MR) is 143 cm³/mol. The number of allylic oxidation sites excluding steroid dienone is 2. The Kier molecular flexibility index (Phi) is 7.78. The molecule has 4 aliphatic rings. The number of carbonyl (C=O) groups is 3. The first-order chi connectivity index (χ1) is 17.7. The van der Waals surface area contributed by atoms with E-state index in [2.05, 4.69) is 27.7 Å². The van der Waals surface area contributed by atoms with E-state index < -0.39 is 24.1 Å². The molecule has 0 heterocycles. The molecule has 4 rings (SSSR count). The van der Waals surface area contributed by atoms with E-state index in [0.29, 0.717) is 24.3 Å². The Morgan fingerprint density at radius 2 is 1.79 bits per heavy atom. The average Bonchev–Trinajstić information content (AvgIpc) is 3.10. The molecule has 0 amide bonds. The van der Waals surface area contributed by atoms with Crippen molar-refractivity contribution in [2.24, 2.45) is 45.8 Å². The van der Waals surface area contributed by atoms with Gasteiger partial charge in [-0.2, -0.15) is 0 Å². The van der Waals surface area contributed by atoms with Crippen LogP contribution in [0.1, 0.15) is 86.5 Å². The first-order valence-corrected chi connectivity index (χ1v) is 14.3. The van der Waals surface area contributed by atoms with Crippen molar-refractivity contribution in [3.63, 3.8) is 0 Å². The number of ether oxygens (including phenoxy) is 1. The molecule has 0 saturated heterocycles. The van der Waals surface area contributed by atoms with E-state index in [1.165, 1.54) is 6.92 Å². The number of aliphatic hydroxyl groups is 2. The molecule has 0 aliphatic heterocycles. The Labute approximate surface area is 226 Å². The third-order valence-electron chi connectivity index (χ3n) is 11.6. The molecular formula is C31H46O7. The fraction of sp³-hybridized carbons (Fsp3) is 0.774. The lowest BCUT2D eigenvalue weighted by Crippen LogP contribution is -2.65. The number of esters is 1. The van der Waals surface area contributed by atoms with E-state index in [-0.39, 0.29) is 58.0 Å². The van der Waals surface area contributed by atoms with Crippen LogP contribution < -0.4 is 0 Å². The smallest absolute Gasteiger partial charge is 0.331 e. The van der Waals surface area contributed by atoms with Crippen molar-refractivity contribution < 1.29 is 34.4 Å². The van der Waals surface area contributed by atoms with Gasteiger partial charge in [0.25, 0.3) is 0 Å². The van der Waals surface area contributed by atoms with Crippen molar-refractivity contribution in [1.82, 2.24) is 0 Å². The zero-order valence-corrected chi connectivity index (χ0v) is 23.8. The first kappa shape index (κ1) is 29.0. The summed E-state index contributed by atoms with van der Waals surface area (Å²) in [5.74, 6) is -1.57. The van der Waals surface area contributed by atoms with Crippen LogP contribution in [0.25, 0.3) is 0 Å². The van der Waals surface area contributed by atoms with Gasteiger partial charge in [0.2, 0.25) is 0 Å². The van der Waals surface area contributed by atoms with Crippen LogP contribution in [0.4, 0.5) is 0 Å². The second-order valence-electron chi connectivity index (χ2n) is 13.5. The third-order valence-corrected chi connectivity index (χ3v) is 11.6. The lowest BCUT2D eigenvalue weighted by atomic mass is 9.36. The summed E-state index contributed by atoms with van der Waals surface area (Å²) in [6.07, 6.45) is 7.09.